The Morgan fingerprint density at radius 3 is 2.50 bits per heavy atom. The minimum Gasteiger partial charge on any atom is -0.460 e. The highest BCUT2D eigenvalue weighted by Crippen LogP contribution is 2.21. The third-order valence-corrected chi connectivity index (χ3v) is 2.17. The van der Waals surface area contributed by atoms with Crippen LogP contribution in [0, 0.1) is 0 Å². The lowest BCUT2D eigenvalue weighted by Gasteiger charge is -2.22. The van der Waals surface area contributed by atoms with Gasteiger partial charge in [0.2, 0.25) is 0 Å². The number of ether oxygens (including phenoxy) is 1. The van der Waals surface area contributed by atoms with Gasteiger partial charge in [0.1, 0.15) is 5.60 Å². The fourth-order valence-electron chi connectivity index (χ4n) is 1.35. The van der Waals surface area contributed by atoms with E-state index in [4.69, 9.17) is 10.5 Å². The number of hydrogen-bond donors (Lipinski definition) is 1. The van der Waals surface area contributed by atoms with E-state index in [2.05, 4.69) is 0 Å². The Morgan fingerprint density at radius 2 is 2.00 bits per heavy atom. The van der Waals surface area contributed by atoms with Crippen molar-refractivity contribution >= 4 is 11.7 Å². The summed E-state index contributed by atoms with van der Waals surface area (Å²) in [5, 5.41) is 0. The molecule has 0 aliphatic carbocycles. The van der Waals surface area contributed by atoms with Crippen molar-refractivity contribution < 1.29 is 9.53 Å². The van der Waals surface area contributed by atoms with Crippen molar-refractivity contribution in [1.29, 1.82) is 0 Å². The molecule has 0 aliphatic heterocycles. The van der Waals surface area contributed by atoms with Gasteiger partial charge in [-0.25, -0.2) is 0 Å². The molecule has 88 valence electrons. The van der Waals surface area contributed by atoms with Crippen molar-refractivity contribution in [3.05, 3.63) is 29.8 Å². The molecule has 1 aromatic rings. The van der Waals surface area contributed by atoms with Crippen molar-refractivity contribution in [3.63, 3.8) is 0 Å². The van der Waals surface area contributed by atoms with Crippen LogP contribution in [0.2, 0.25) is 0 Å². The zero-order valence-electron chi connectivity index (χ0n) is 10.3. The van der Waals surface area contributed by atoms with E-state index in [1.807, 2.05) is 39.8 Å². The molecule has 0 saturated carbocycles. The molecule has 1 aromatic carbocycles. The van der Waals surface area contributed by atoms with E-state index in [9.17, 15) is 4.79 Å². The Bertz CT molecular complexity index is 380. The van der Waals surface area contributed by atoms with Crippen molar-refractivity contribution in [3.8, 4) is 0 Å². The second-order valence-electron chi connectivity index (χ2n) is 4.93. The molecule has 0 fully saturated rings. The van der Waals surface area contributed by atoms with E-state index in [0.717, 1.165) is 5.56 Å². The molecule has 3 heteroatoms. The van der Waals surface area contributed by atoms with Crippen LogP contribution in [0.1, 0.15) is 39.2 Å². The van der Waals surface area contributed by atoms with Gasteiger partial charge in [-0.1, -0.05) is 12.1 Å². The van der Waals surface area contributed by atoms with Crippen LogP contribution in [0.4, 0.5) is 5.69 Å². The highest BCUT2D eigenvalue weighted by atomic mass is 16.6. The minimum absolute atomic E-state index is 0.224. The summed E-state index contributed by atoms with van der Waals surface area (Å²) in [4.78, 5) is 11.8. The zero-order valence-corrected chi connectivity index (χ0v) is 10.3. The van der Waals surface area contributed by atoms with Gasteiger partial charge in [0.25, 0.3) is 0 Å². The average Bonchev–Trinajstić information content (AvgIpc) is 2.14. The third kappa shape index (κ3) is 3.57. The Hall–Kier alpha value is -1.51. The van der Waals surface area contributed by atoms with E-state index in [0.29, 0.717) is 5.69 Å². The molecular weight excluding hydrogens is 202 g/mol. The molecule has 0 saturated heterocycles. The molecule has 0 heterocycles. The Kier molecular flexibility index (Phi) is 3.58. The maximum Gasteiger partial charge on any atom is 0.313 e. The number of hydrogen-bond acceptors (Lipinski definition) is 3. The maximum absolute atomic E-state index is 11.8. The summed E-state index contributed by atoms with van der Waals surface area (Å²) in [6, 6.07) is 7.32. The van der Waals surface area contributed by atoms with Gasteiger partial charge in [-0.05, 0) is 45.4 Å². The molecule has 16 heavy (non-hydrogen) atoms. The number of carbonyl (C=O) groups is 1. The molecule has 0 bridgehead atoms. The van der Waals surface area contributed by atoms with E-state index in [1.165, 1.54) is 0 Å². The fourth-order valence-corrected chi connectivity index (χ4v) is 1.35. The summed E-state index contributed by atoms with van der Waals surface area (Å²) < 4.78 is 5.31. The van der Waals surface area contributed by atoms with Crippen LogP contribution in [-0.2, 0) is 9.53 Å². The minimum atomic E-state index is -0.453. The van der Waals surface area contributed by atoms with Crippen molar-refractivity contribution in [2.75, 3.05) is 5.73 Å². The van der Waals surface area contributed by atoms with Gasteiger partial charge in [0.05, 0.1) is 5.92 Å². The normalized spacial score (nSPS) is 13.2. The monoisotopic (exact) mass is 221 g/mol. The first kappa shape index (κ1) is 12.6. The van der Waals surface area contributed by atoms with Gasteiger partial charge in [-0.3, -0.25) is 4.79 Å². The molecule has 0 amide bonds. The molecule has 0 spiro atoms. The van der Waals surface area contributed by atoms with Gasteiger partial charge < -0.3 is 10.5 Å². The van der Waals surface area contributed by atoms with E-state index < -0.39 is 5.60 Å². The molecule has 1 rings (SSSR count). The molecule has 3 nitrogen and oxygen atoms in total. The summed E-state index contributed by atoms with van der Waals surface area (Å²) in [5.41, 5.74) is 6.76. The van der Waals surface area contributed by atoms with Crippen molar-refractivity contribution in [2.45, 2.75) is 39.2 Å². The van der Waals surface area contributed by atoms with E-state index >= 15 is 0 Å². The predicted molar refractivity (Wildman–Crippen MR) is 65.1 cm³/mol. The molecule has 0 radical (unpaired) electrons. The van der Waals surface area contributed by atoms with Gasteiger partial charge in [-0.15, -0.1) is 0 Å². The number of benzene rings is 1. The largest absolute Gasteiger partial charge is 0.460 e. The highest BCUT2D eigenvalue weighted by molar-refractivity contribution is 5.78. The summed E-state index contributed by atoms with van der Waals surface area (Å²) in [7, 11) is 0. The van der Waals surface area contributed by atoms with Crippen LogP contribution < -0.4 is 5.73 Å². The number of anilines is 1. The number of esters is 1. The van der Waals surface area contributed by atoms with Crippen molar-refractivity contribution in [1.82, 2.24) is 0 Å². The second kappa shape index (κ2) is 4.56. The molecule has 0 aromatic heterocycles. The first-order chi connectivity index (χ1) is 7.29. The molecule has 2 N–H and O–H groups in total. The molecular formula is C13H19NO2. The van der Waals surface area contributed by atoms with Gasteiger partial charge >= 0.3 is 5.97 Å². The quantitative estimate of drug-likeness (QED) is 0.617. The number of nitrogen functional groups attached to an aromatic ring is 1. The van der Waals surface area contributed by atoms with Crippen LogP contribution in [0.5, 0.6) is 0 Å². The molecule has 1 unspecified atom stereocenters. The van der Waals surface area contributed by atoms with Crippen LogP contribution in [0.15, 0.2) is 24.3 Å². The van der Waals surface area contributed by atoms with Crippen LogP contribution in [0.25, 0.3) is 0 Å². The smallest absolute Gasteiger partial charge is 0.313 e. The Balaban J connectivity index is 2.78. The first-order valence-corrected chi connectivity index (χ1v) is 5.38. The fraction of sp³-hybridized carbons (Fsp3) is 0.462. The lowest BCUT2D eigenvalue weighted by atomic mass is 10.0. The third-order valence-electron chi connectivity index (χ3n) is 2.17. The van der Waals surface area contributed by atoms with E-state index in [-0.39, 0.29) is 11.9 Å². The Labute approximate surface area is 96.6 Å². The average molecular weight is 221 g/mol. The summed E-state index contributed by atoms with van der Waals surface area (Å²) in [6.45, 7) is 7.40. The first-order valence-electron chi connectivity index (χ1n) is 5.38. The van der Waals surface area contributed by atoms with Crippen molar-refractivity contribution in [2.24, 2.45) is 0 Å². The Morgan fingerprint density at radius 1 is 1.38 bits per heavy atom. The standard InChI is InChI=1S/C13H19NO2/c1-9(12(15)16-13(2,3)4)10-6-5-7-11(14)8-10/h5-9H,14H2,1-4H3. The number of carbonyl (C=O) groups excluding carboxylic acids is 1. The van der Waals surface area contributed by atoms with Gasteiger partial charge in [-0.2, -0.15) is 0 Å². The molecule has 1 atom stereocenters. The predicted octanol–water partition coefficient (Wildman–Crippen LogP) is 2.71. The second-order valence-corrected chi connectivity index (χ2v) is 4.93. The topological polar surface area (TPSA) is 52.3 Å². The lowest BCUT2D eigenvalue weighted by molar-refractivity contribution is -0.156. The number of rotatable bonds is 2. The highest BCUT2D eigenvalue weighted by Gasteiger charge is 2.22. The summed E-state index contributed by atoms with van der Waals surface area (Å²) in [5.74, 6) is -0.513. The van der Waals surface area contributed by atoms with Gasteiger partial charge in [0, 0.05) is 5.69 Å². The van der Waals surface area contributed by atoms with Gasteiger partial charge in [0.15, 0.2) is 0 Å². The van der Waals surface area contributed by atoms with Crippen LogP contribution in [-0.4, -0.2) is 11.6 Å². The molecule has 0 aliphatic rings. The van der Waals surface area contributed by atoms with Crippen LogP contribution >= 0.6 is 0 Å². The SMILES string of the molecule is CC(C(=O)OC(C)(C)C)c1cccc(N)c1. The van der Waals surface area contributed by atoms with E-state index in [1.54, 1.807) is 12.1 Å². The maximum atomic E-state index is 11.8. The summed E-state index contributed by atoms with van der Waals surface area (Å²) >= 11 is 0. The zero-order chi connectivity index (χ0) is 12.3. The van der Waals surface area contributed by atoms with Crippen LogP contribution in [0.3, 0.4) is 0 Å². The number of nitrogens with two attached hydrogens (primary N) is 1. The summed E-state index contributed by atoms with van der Waals surface area (Å²) in [6.07, 6.45) is 0. The lowest BCUT2D eigenvalue weighted by Crippen LogP contribution is -2.26.